The summed E-state index contributed by atoms with van der Waals surface area (Å²) in [5, 5.41) is 8.66. The van der Waals surface area contributed by atoms with Gasteiger partial charge in [-0.3, -0.25) is 0 Å². The molecule has 0 aliphatic rings. The molecule has 0 aliphatic carbocycles. The molecule has 18 heavy (non-hydrogen) atoms. The summed E-state index contributed by atoms with van der Waals surface area (Å²) in [6, 6.07) is 0. The fourth-order valence-electron chi connectivity index (χ4n) is 2.17. The van der Waals surface area contributed by atoms with E-state index in [-0.39, 0.29) is 0 Å². The summed E-state index contributed by atoms with van der Waals surface area (Å²) < 4.78 is 5.77. The zero-order chi connectivity index (χ0) is 13.5. The molecule has 1 unspecified atom stereocenters. The first kappa shape index (κ1) is 17.9. The lowest BCUT2D eigenvalue weighted by atomic mass is 10.0. The van der Waals surface area contributed by atoms with Crippen LogP contribution >= 0.6 is 0 Å². The van der Waals surface area contributed by atoms with Crippen molar-refractivity contribution in [2.45, 2.75) is 78.1 Å². The molecule has 0 rings (SSSR count). The molecule has 0 heterocycles. The van der Waals surface area contributed by atoms with Crippen LogP contribution in [0.15, 0.2) is 0 Å². The van der Waals surface area contributed by atoms with Gasteiger partial charge in [0.15, 0.2) is 0 Å². The standard InChI is InChI=1S/C16H34O2/c1-3-5-12-16(4-2)15-18-14-11-9-7-6-8-10-13-17/h16-17H,3-15H2,1-2H3. The lowest BCUT2D eigenvalue weighted by Crippen LogP contribution is -2.09. The lowest BCUT2D eigenvalue weighted by Gasteiger charge is -2.14. The molecule has 0 aromatic carbocycles. The zero-order valence-corrected chi connectivity index (χ0v) is 12.6. The summed E-state index contributed by atoms with van der Waals surface area (Å²) in [7, 11) is 0. The summed E-state index contributed by atoms with van der Waals surface area (Å²) in [5.41, 5.74) is 0. The highest BCUT2D eigenvalue weighted by Gasteiger charge is 2.05. The van der Waals surface area contributed by atoms with E-state index < -0.39 is 0 Å². The largest absolute Gasteiger partial charge is 0.396 e. The fraction of sp³-hybridized carbons (Fsp3) is 1.00. The van der Waals surface area contributed by atoms with E-state index in [1.54, 1.807) is 0 Å². The van der Waals surface area contributed by atoms with Crippen molar-refractivity contribution < 1.29 is 9.84 Å². The maximum atomic E-state index is 8.66. The molecule has 1 N–H and O–H groups in total. The lowest BCUT2D eigenvalue weighted by molar-refractivity contribution is 0.0907. The first-order valence-corrected chi connectivity index (χ1v) is 8.03. The van der Waals surface area contributed by atoms with Crippen molar-refractivity contribution in [3.05, 3.63) is 0 Å². The molecule has 0 aliphatic heterocycles. The second-order valence-electron chi connectivity index (χ2n) is 5.34. The first-order chi connectivity index (χ1) is 8.85. The Hall–Kier alpha value is -0.0800. The van der Waals surface area contributed by atoms with Gasteiger partial charge in [0.2, 0.25) is 0 Å². The van der Waals surface area contributed by atoms with E-state index >= 15 is 0 Å². The van der Waals surface area contributed by atoms with Crippen LogP contribution in [0.4, 0.5) is 0 Å². The molecule has 0 amide bonds. The zero-order valence-electron chi connectivity index (χ0n) is 12.6. The molecule has 110 valence electrons. The maximum absolute atomic E-state index is 8.66. The monoisotopic (exact) mass is 258 g/mol. The van der Waals surface area contributed by atoms with Gasteiger partial charge in [0, 0.05) is 19.8 Å². The molecule has 0 fully saturated rings. The van der Waals surface area contributed by atoms with Gasteiger partial charge in [-0.05, 0) is 25.2 Å². The average molecular weight is 258 g/mol. The van der Waals surface area contributed by atoms with E-state index in [1.165, 1.54) is 57.8 Å². The molecular formula is C16H34O2. The molecule has 0 spiro atoms. The number of aliphatic hydroxyl groups is 1. The van der Waals surface area contributed by atoms with Gasteiger partial charge in [0.05, 0.1) is 0 Å². The third kappa shape index (κ3) is 12.4. The van der Waals surface area contributed by atoms with Crippen molar-refractivity contribution in [2.75, 3.05) is 19.8 Å². The van der Waals surface area contributed by atoms with Gasteiger partial charge in [-0.2, -0.15) is 0 Å². The molecular weight excluding hydrogens is 224 g/mol. The third-order valence-electron chi connectivity index (χ3n) is 3.59. The number of aliphatic hydroxyl groups excluding tert-OH is 1. The van der Waals surface area contributed by atoms with Gasteiger partial charge >= 0.3 is 0 Å². The molecule has 2 nitrogen and oxygen atoms in total. The minimum absolute atomic E-state index is 0.347. The Morgan fingerprint density at radius 2 is 1.56 bits per heavy atom. The number of rotatable bonds is 14. The van der Waals surface area contributed by atoms with Crippen molar-refractivity contribution in [3.8, 4) is 0 Å². The summed E-state index contributed by atoms with van der Waals surface area (Å²) in [6.07, 6.45) is 12.4. The molecule has 0 saturated heterocycles. The van der Waals surface area contributed by atoms with Gasteiger partial charge in [-0.15, -0.1) is 0 Å². The second-order valence-corrected chi connectivity index (χ2v) is 5.34. The van der Waals surface area contributed by atoms with Gasteiger partial charge in [0.1, 0.15) is 0 Å². The Morgan fingerprint density at radius 3 is 2.17 bits per heavy atom. The quantitative estimate of drug-likeness (QED) is 0.463. The van der Waals surface area contributed by atoms with Crippen molar-refractivity contribution in [3.63, 3.8) is 0 Å². The Balaban J connectivity index is 3.17. The predicted molar refractivity (Wildman–Crippen MR) is 78.9 cm³/mol. The summed E-state index contributed by atoms with van der Waals surface area (Å²) in [6.45, 7) is 6.76. The molecule has 2 heteroatoms. The minimum atomic E-state index is 0.347. The smallest absolute Gasteiger partial charge is 0.0494 e. The first-order valence-electron chi connectivity index (χ1n) is 8.03. The van der Waals surface area contributed by atoms with Crippen LogP contribution in [0.25, 0.3) is 0 Å². The Kier molecular flexibility index (Phi) is 14.9. The van der Waals surface area contributed by atoms with Gasteiger partial charge in [-0.25, -0.2) is 0 Å². The molecule has 0 radical (unpaired) electrons. The van der Waals surface area contributed by atoms with Gasteiger partial charge < -0.3 is 9.84 Å². The van der Waals surface area contributed by atoms with Crippen LogP contribution < -0.4 is 0 Å². The SMILES string of the molecule is CCCCC(CC)COCCCCCCCCO. The average Bonchev–Trinajstić information content (AvgIpc) is 2.40. The molecule has 0 bridgehead atoms. The Bertz CT molecular complexity index is 148. The van der Waals surface area contributed by atoms with E-state index in [1.807, 2.05) is 0 Å². The molecule has 1 atom stereocenters. The van der Waals surface area contributed by atoms with Crippen molar-refractivity contribution in [1.29, 1.82) is 0 Å². The van der Waals surface area contributed by atoms with Crippen molar-refractivity contribution >= 4 is 0 Å². The number of hydrogen-bond acceptors (Lipinski definition) is 2. The summed E-state index contributed by atoms with van der Waals surface area (Å²) >= 11 is 0. The Labute approximate surface area is 114 Å². The highest BCUT2D eigenvalue weighted by atomic mass is 16.5. The Morgan fingerprint density at radius 1 is 0.889 bits per heavy atom. The van der Waals surface area contributed by atoms with E-state index in [9.17, 15) is 0 Å². The highest BCUT2D eigenvalue weighted by Crippen LogP contribution is 2.13. The second kappa shape index (κ2) is 15.0. The summed E-state index contributed by atoms with van der Waals surface area (Å²) in [4.78, 5) is 0. The van der Waals surface area contributed by atoms with Crippen LogP contribution in [0.1, 0.15) is 78.1 Å². The maximum Gasteiger partial charge on any atom is 0.0494 e. The van der Waals surface area contributed by atoms with E-state index in [0.717, 1.165) is 25.6 Å². The normalized spacial score (nSPS) is 12.8. The van der Waals surface area contributed by atoms with Crippen LogP contribution in [-0.4, -0.2) is 24.9 Å². The predicted octanol–water partition coefficient (Wildman–Crippen LogP) is 4.55. The van der Waals surface area contributed by atoms with Crippen LogP contribution in [0.2, 0.25) is 0 Å². The van der Waals surface area contributed by atoms with Crippen molar-refractivity contribution in [1.82, 2.24) is 0 Å². The topological polar surface area (TPSA) is 29.5 Å². The van der Waals surface area contributed by atoms with Crippen LogP contribution in [-0.2, 0) is 4.74 Å². The van der Waals surface area contributed by atoms with Gasteiger partial charge in [0.25, 0.3) is 0 Å². The number of unbranched alkanes of at least 4 members (excludes halogenated alkanes) is 6. The van der Waals surface area contributed by atoms with Crippen LogP contribution in [0.3, 0.4) is 0 Å². The van der Waals surface area contributed by atoms with E-state index in [0.29, 0.717) is 6.61 Å². The van der Waals surface area contributed by atoms with Gasteiger partial charge in [-0.1, -0.05) is 58.8 Å². The highest BCUT2D eigenvalue weighted by molar-refractivity contribution is 4.56. The fourth-order valence-corrected chi connectivity index (χ4v) is 2.17. The minimum Gasteiger partial charge on any atom is -0.396 e. The molecule has 0 saturated carbocycles. The number of hydrogen-bond donors (Lipinski definition) is 1. The molecule has 0 aromatic rings. The van der Waals surface area contributed by atoms with Crippen LogP contribution in [0.5, 0.6) is 0 Å². The van der Waals surface area contributed by atoms with E-state index in [2.05, 4.69) is 13.8 Å². The third-order valence-corrected chi connectivity index (χ3v) is 3.59. The summed E-state index contributed by atoms with van der Waals surface area (Å²) in [5.74, 6) is 0.773. The van der Waals surface area contributed by atoms with Crippen LogP contribution in [0, 0.1) is 5.92 Å². The van der Waals surface area contributed by atoms with Crippen molar-refractivity contribution in [2.24, 2.45) is 5.92 Å². The number of ether oxygens (including phenoxy) is 1. The molecule has 0 aromatic heterocycles. The van der Waals surface area contributed by atoms with E-state index in [4.69, 9.17) is 9.84 Å².